The van der Waals surface area contributed by atoms with Crippen molar-refractivity contribution >= 4 is 5.78 Å². The van der Waals surface area contributed by atoms with Crippen molar-refractivity contribution < 1.29 is 9.53 Å². The first-order valence-electron chi connectivity index (χ1n) is 6.97. The summed E-state index contributed by atoms with van der Waals surface area (Å²) < 4.78 is 5.40. The molecule has 0 saturated heterocycles. The number of nitrogens with zero attached hydrogens (tertiary/aromatic N) is 2. The van der Waals surface area contributed by atoms with Crippen molar-refractivity contribution in [3.8, 4) is 5.75 Å². The molecule has 0 bridgehead atoms. The van der Waals surface area contributed by atoms with Crippen molar-refractivity contribution in [1.29, 1.82) is 0 Å². The molecule has 1 rings (SSSR count). The quantitative estimate of drug-likeness (QED) is 0.802. The third kappa shape index (κ3) is 3.01. The van der Waals surface area contributed by atoms with Gasteiger partial charge in [0, 0.05) is 17.3 Å². The van der Waals surface area contributed by atoms with Crippen molar-refractivity contribution in [3.63, 3.8) is 0 Å². The van der Waals surface area contributed by atoms with Crippen LogP contribution in [0, 0.1) is 13.8 Å². The fourth-order valence-electron chi connectivity index (χ4n) is 2.35. The molecular formula is C16H26N2O2. The summed E-state index contributed by atoms with van der Waals surface area (Å²) in [6.07, 6.45) is 2.89. The lowest BCUT2D eigenvalue weighted by Crippen LogP contribution is -2.48. The van der Waals surface area contributed by atoms with Gasteiger partial charge < -0.3 is 4.74 Å². The molecule has 0 N–H and O–H groups in total. The van der Waals surface area contributed by atoms with Crippen LogP contribution in [0.5, 0.6) is 5.75 Å². The highest BCUT2D eigenvalue weighted by Gasteiger charge is 2.33. The van der Waals surface area contributed by atoms with Gasteiger partial charge in [-0.15, -0.1) is 0 Å². The normalized spacial score (nSPS) is 14.2. The molecule has 4 heteroatoms. The van der Waals surface area contributed by atoms with E-state index in [1.807, 2.05) is 46.7 Å². The maximum atomic E-state index is 12.6. The first-order valence-corrected chi connectivity index (χ1v) is 6.97. The Labute approximate surface area is 122 Å². The number of hydrogen-bond donors (Lipinski definition) is 0. The van der Waals surface area contributed by atoms with Gasteiger partial charge >= 0.3 is 0 Å². The van der Waals surface area contributed by atoms with E-state index in [4.69, 9.17) is 4.74 Å². The van der Waals surface area contributed by atoms with Crippen LogP contribution in [0.1, 0.15) is 37.1 Å². The molecular weight excluding hydrogens is 252 g/mol. The number of aryl methyl sites for hydroxylation is 1. The van der Waals surface area contributed by atoms with Gasteiger partial charge in [-0.25, -0.2) is 0 Å². The average Bonchev–Trinajstić information content (AvgIpc) is 2.41. The molecule has 0 radical (unpaired) electrons. The predicted molar refractivity (Wildman–Crippen MR) is 81.4 cm³/mol. The monoisotopic (exact) mass is 278 g/mol. The first kappa shape index (κ1) is 16.6. The average molecular weight is 278 g/mol. The lowest BCUT2D eigenvalue weighted by atomic mass is 9.88. The van der Waals surface area contributed by atoms with Gasteiger partial charge in [-0.3, -0.25) is 14.7 Å². The maximum Gasteiger partial charge on any atom is 0.158 e. The number of pyridine rings is 1. The van der Waals surface area contributed by atoms with E-state index >= 15 is 0 Å². The third-order valence-corrected chi connectivity index (χ3v) is 4.35. The lowest BCUT2D eigenvalue weighted by molar-refractivity contribution is -0.128. The summed E-state index contributed by atoms with van der Waals surface area (Å²) in [5.74, 6) is 1.01. The van der Waals surface area contributed by atoms with E-state index in [1.54, 1.807) is 13.3 Å². The summed E-state index contributed by atoms with van der Waals surface area (Å²) in [4.78, 5) is 19.0. The lowest BCUT2D eigenvalue weighted by Gasteiger charge is -2.34. The van der Waals surface area contributed by atoms with Crippen molar-refractivity contribution in [3.05, 3.63) is 23.0 Å². The van der Waals surface area contributed by atoms with Crippen molar-refractivity contribution in [2.75, 3.05) is 21.2 Å². The minimum Gasteiger partial charge on any atom is -0.496 e. The molecule has 1 atom stereocenters. The van der Waals surface area contributed by atoms with E-state index in [1.165, 1.54) is 0 Å². The fourth-order valence-corrected chi connectivity index (χ4v) is 2.35. The molecule has 0 amide bonds. The second-order valence-corrected chi connectivity index (χ2v) is 5.67. The minimum absolute atomic E-state index is 0.187. The summed E-state index contributed by atoms with van der Waals surface area (Å²) >= 11 is 0. The summed E-state index contributed by atoms with van der Waals surface area (Å²) in [6, 6.07) is 0. The van der Waals surface area contributed by atoms with Gasteiger partial charge in [0.25, 0.3) is 0 Å². The van der Waals surface area contributed by atoms with Gasteiger partial charge in [-0.1, -0.05) is 6.92 Å². The van der Waals surface area contributed by atoms with Gasteiger partial charge in [0.15, 0.2) is 5.78 Å². The van der Waals surface area contributed by atoms with Crippen molar-refractivity contribution in [2.45, 2.75) is 46.1 Å². The van der Waals surface area contributed by atoms with E-state index < -0.39 is 5.54 Å². The van der Waals surface area contributed by atoms with Crippen LogP contribution in [0.4, 0.5) is 0 Å². The van der Waals surface area contributed by atoms with E-state index in [0.29, 0.717) is 6.42 Å². The molecule has 1 aromatic heterocycles. The van der Waals surface area contributed by atoms with E-state index in [-0.39, 0.29) is 5.78 Å². The topological polar surface area (TPSA) is 42.4 Å². The number of ketones is 1. The van der Waals surface area contributed by atoms with Crippen LogP contribution in [0.3, 0.4) is 0 Å². The minimum atomic E-state index is -0.452. The smallest absolute Gasteiger partial charge is 0.158 e. The molecule has 1 heterocycles. The molecule has 0 aromatic carbocycles. The van der Waals surface area contributed by atoms with Gasteiger partial charge in [0.05, 0.1) is 24.8 Å². The number of likely N-dealkylation sites (N-methyl/N-ethyl adjacent to an activating group) is 1. The standard InChI is InChI=1S/C16H26N2O2/c1-8-16(4,18(5)6)14(19)9-13-12(3)15(20-7)11(2)10-17-13/h10H,8-9H2,1-7H3. The highest BCUT2D eigenvalue weighted by molar-refractivity contribution is 5.89. The molecule has 20 heavy (non-hydrogen) atoms. The van der Waals surface area contributed by atoms with Crippen LogP contribution in [-0.2, 0) is 11.2 Å². The molecule has 0 aliphatic carbocycles. The van der Waals surface area contributed by atoms with Crippen molar-refractivity contribution in [2.24, 2.45) is 0 Å². The molecule has 0 spiro atoms. The number of ether oxygens (including phenoxy) is 1. The highest BCUT2D eigenvalue weighted by atomic mass is 16.5. The van der Waals surface area contributed by atoms with E-state index in [9.17, 15) is 4.79 Å². The zero-order valence-electron chi connectivity index (χ0n) is 13.7. The summed E-state index contributed by atoms with van der Waals surface area (Å²) in [6.45, 7) is 7.94. The van der Waals surface area contributed by atoms with Crippen LogP contribution >= 0.6 is 0 Å². The Balaban J connectivity index is 3.08. The molecule has 4 nitrogen and oxygen atoms in total. The Morgan fingerprint density at radius 1 is 1.40 bits per heavy atom. The van der Waals surface area contributed by atoms with Crippen LogP contribution < -0.4 is 4.74 Å². The Morgan fingerprint density at radius 2 is 2.00 bits per heavy atom. The SMILES string of the molecule is CCC(C)(C(=O)Cc1ncc(C)c(OC)c1C)N(C)C. The van der Waals surface area contributed by atoms with Gasteiger partial charge in [-0.2, -0.15) is 0 Å². The number of rotatable bonds is 6. The molecule has 0 aliphatic heterocycles. The van der Waals surface area contributed by atoms with E-state index in [2.05, 4.69) is 4.98 Å². The number of Topliss-reactive ketones (excluding diaryl/α,β-unsaturated/α-hetero) is 1. The second-order valence-electron chi connectivity index (χ2n) is 5.67. The molecule has 1 unspecified atom stereocenters. The molecule has 1 aromatic rings. The largest absolute Gasteiger partial charge is 0.496 e. The molecule has 0 aliphatic rings. The molecule has 0 saturated carbocycles. The zero-order chi connectivity index (χ0) is 15.5. The van der Waals surface area contributed by atoms with E-state index in [0.717, 1.165) is 29.0 Å². The highest BCUT2D eigenvalue weighted by Crippen LogP contribution is 2.26. The van der Waals surface area contributed by atoms with Crippen LogP contribution in [0.15, 0.2) is 6.20 Å². The van der Waals surface area contributed by atoms with Crippen LogP contribution in [0.25, 0.3) is 0 Å². The first-order chi connectivity index (χ1) is 9.27. The van der Waals surface area contributed by atoms with Gasteiger partial charge in [0.1, 0.15) is 5.75 Å². The maximum absolute atomic E-state index is 12.6. The molecule has 112 valence electrons. The number of aromatic nitrogens is 1. The summed E-state index contributed by atoms with van der Waals surface area (Å²) in [5.41, 5.74) is 2.30. The fraction of sp³-hybridized carbons (Fsp3) is 0.625. The predicted octanol–water partition coefficient (Wildman–Crippen LogP) is 2.55. The Hall–Kier alpha value is -1.42. The second kappa shape index (κ2) is 6.35. The van der Waals surface area contributed by atoms with Crippen LogP contribution in [0.2, 0.25) is 0 Å². The van der Waals surface area contributed by atoms with Gasteiger partial charge in [0.2, 0.25) is 0 Å². The number of carbonyl (C=O) groups is 1. The van der Waals surface area contributed by atoms with Gasteiger partial charge in [-0.05, 0) is 41.3 Å². The number of carbonyl (C=O) groups excluding carboxylic acids is 1. The Morgan fingerprint density at radius 3 is 2.45 bits per heavy atom. The number of methoxy groups -OCH3 is 1. The molecule has 0 fully saturated rings. The van der Waals surface area contributed by atoms with Crippen LogP contribution in [-0.4, -0.2) is 42.4 Å². The number of hydrogen-bond acceptors (Lipinski definition) is 4. The Kier molecular flexibility index (Phi) is 5.28. The zero-order valence-corrected chi connectivity index (χ0v) is 13.7. The summed E-state index contributed by atoms with van der Waals surface area (Å²) in [5, 5.41) is 0. The van der Waals surface area contributed by atoms with Crippen molar-refractivity contribution in [1.82, 2.24) is 9.88 Å². The summed E-state index contributed by atoms with van der Waals surface area (Å²) in [7, 11) is 5.53. The Bertz CT molecular complexity index is 497. The third-order valence-electron chi connectivity index (χ3n) is 4.35.